The molecule has 0 aliphatic rings. The topological polar surface area (TPSA) is 32.3 Å². The summed E-state index contributed by atoms with van der Waals surface area (Å²) in [5, 5.41) is 16.7. The lowest BCUT2D eigenvalue weighted by Gasteiger charge is -2.17. The van der Waals surface area contributed by atoms with E-state index >= 15 is 0 Å². The molecule has 0 saturated heterocycles. The number of aliphatic hydroxyl groups is 1. The fraction of sp³-hybridized carbons (Fsp3) is 0.167. The summed E-state index contributed by atoms with van der Waals surface area (Å²) in [5.41, 5.74) is 2.11. The summed E-state index contributed by atoms with van der Waals surface area (Å²) < 4.78 is 1.00. The highest BCUT2D eigenvalue weighted by Crippen LogP contribution is 2.26. The van der Waals surface area contributed by atoms with Crippen molar-refractivity contribution in [3.05, 3.63) is 51.1 Å². The lowest BCUT2D eigenvalue weighted by Crippen LogP contribution is -2.14. The van der Waals surface area contributed by atoms with Crippen molar-refractivity contribution in [2.24, 2.45) is 0 Å². The summed E-state index contributed by atoms with van der Waals surface area (Å²) in [6.45, 7) is 0.0814. The Morgan fingerprint density at radius 1 is 1.31 bits per heavy atom. The van der Waals surface area contributed by atoms with Crippen molar-refractivity contribution >= 4 is 33.0 Å². The normalized spacial score (nSPS) is 12.4. The molecule has 1 unspecified atom stereocenters. The lowest BCUT2D eigenvalue weighted by molar-refractivity contribution is 0.276. The monoisotopic (exact) mass is 297 g/mol. The van der Waals surface area contributed by atoms with Crippen LogP contribution in [0.3, 0.4) is 0 Å². The van der Waals surface area contributed by atoms with Gasteiger partial charge >= 0.3 is 0 Å². The molecule has 0 bridgehead atoms. The van der Waals surface area contributed by atoms with Gasteiger partial charge in [0.2, 0.25) is 0 Å². The maximum absolute atomic E-state index is 9.38. The van der Waals surface area contributed by atoms with Gasteiger partial charge in [0.1, 0.15) is 0 Å². The molecule has 1 aromatic carbocycles. The molecule has 0 spiro atoms. The molecule has 84 valence electrons. The first-order valence-corrected chi connectivity index (χ1v) is 6.69. The predicted molar refractivity (Wildman–Crippen MR) is 71.9 cm³/mol. The number of benzene rings is 1. The van der Waals surface area contributed by atoms with Gasteiger partial charge in [-0.3, -0.25) is 0 Å². The van der Waals surface area contributed by atoms with Gasteiger partial charge in [0.25, 0.3) is 0 Å². The summed E-state index contributed by atoms with van der Waals surface area (Å²) in [4.78, 5) is 0. The van der Waals surface area contributed by atoms with Crippen molar-refractivity contribution in [1.29, 1.82) is 0 Å². The number of anilines is 1. The zero-order valence-corrected chi connectivity index (χ0v) is 11.0. The van der Waals surface area contributed by atoms with Crippen LogP contribution in [0.25, 0.3) is 0 Å². The highest BCUT2D eigenvalue weighted by Gasteiger charge is 2.11. The predicted octanol–water partition coefficient (Wildman–Crippen LogP) is 3.66. The minimum absolute atomic E-state index is 0.0510. The van der Waals surface area contributed by atoms with E-state index in [1.54, 1.807) is 11.3 Å². The van der Waals surface area contributed by atoms with Gasteiger partial charge < -0.3 is 10.4 Å². The van der Waals surface area contributed by atoms with E-state index in [9.17, 15) is 5.11 Å². The number of halogens is 1. The van der Waals surface area contributed by atoms with Crippen molar-refractivity contribution in [3.8, 4) is 0 Å². The van der Waals surface area contributed by atoms with E-state index in [4.69, 9.17) is 0 Å². The van der Waals surface area contributed by atoms with Crippen LogP contribution in [-0.4, -0.2) is 11.7 Å². The molecule has 0 fully saturated rings. The lowest BCUT2D eigenvalue weighted by atomic mass is 10.1. The molecule has 0 radical (unpaired) electrons. The molecule has 0 aliphatic carbocycles. The first-order chi connectivity index (χ1) is 7.81. The number of hydrogen-bond donors (Lipinski definition) is 2. The van der Waals surface area contributed by atoms with Crippen LogP contribution in [0.15, 0.2) is 45.6 Å². The van der Waals surface area contributed by atoms with Gasteiger partial charge in [-0.1, -0.05) is 12.1 Å². The Hall–Kier alpha value is -0.840. The number of hydrogen-bond acceptors (Lipinski definition) is 3. The zero-order chi connectivity index (χ0) is 11.4. The third kappa shape index (κ3) is 2.64. The largest absolute Gasteiger partial charge is 0.394 e. The van der Waals surface area contributed by atoms with Crippen LogP contribution in [0.4, 0.5) is 5.69 Å². The van der Waals surface area contributed by atoms with E-state index in [0.717, 1.165) is 15.7 Å². The van der Waals surface area contributed by atoms with Crippen molar-refractivity contribution in [3.63, 3.8) is 0 Å². The standard InChI is InChI=1S/C12H12BrNOS/c13-10-3-1-2-4-11(10)14-12(7-15)9-5-6-16-8-9/h1-6,8,12,14-15H,7H2. The Labute approximate surface area is 107 Å². The van der Waals surface area contributed by atoms with Gasteiger partial charge in [0, 0.05) is 10.2 Å². The van der Waals surface area contributed by atoms with Crippen LogP contribution in [0, 0.1) is 0 Å². The SMILES string of the molecule is OCC(Nc1ccccc1Br)c1ccsc1. The Morgan fingerprint density at radius 3 is 2.75 bits per heavy atom. The van der Waals surface area contributed by atoms with Crippen molar-refractivity contribution in [2.45, 2.75) is 6.04 Å². The maximum atomic E-state index is 9.38. The quantitative estimate of drug-likeness (QED) is 0.903. The maximum Gasteiger partial charge on any atom is 0.0753 e. The van der Waals surface area contributed by atoms with Gasteiger partial charge in [0.05, 0.1) is 12.6 Å². The van der Waals surface area contributed by atoms with E-state index in [0.29, 0.717) is 0 Å². The summed E-state index contributed by atoms with van der Waals surface area (Å²) in [6.07, 6.45) is 0. The third-order valence-corrected chi connectivity index (χ3v) is 3.72. The molecule has 1 atom stereocenters. The van der Waals surface area contributed by atoms with E-state index < -0.39 is 0 Å². The molecule has 4 heteroatoms. The molecule has 0 amide bonds. The first kappa shape index (κ1) is 11.6. The number of rotatable bonds is 4. The Bertz CT molecular complexity index is 444. The Morgan fingerprint density at radius 2 is 2.12 bits per heavy atom. The average Bonchev–Trinajstić information content (AvgIpc) is 2.81. The number of thiophene rings is 1. The third-order valence-electron chi connectivity index (χ3n) is 2.33. The van der Waals surface area contributed by atoms with Gasteiger partial charge in [-0.05, 0) is 50.5 Å². The molecule has 2 aromatic rings. The molecule has 2 N–H and O–H groups in total. The van der Waals surface area contributed by atoms with Gasteiger partial charge in [0.15, 0.2) is 0 Å². The average molecular weight is 298 g/mol. The van der Waals surface area contributed by atoms with Crippen LogP contribution < -0.4 is 5.32 Å². The molecule has 2 nitrogen and oxygen atoms in total. The van der Waals surface area contributed by atoms with Crippen LogP contribution in [0.1, 0.15) is 11.6 Å². The molecule has 0 aliphatic heterocycles. The summed E-state index contributed by atoms with van der Waals surface area (Å²) in [6, 6.07) is 9.87. The molecule has 16 heavy (non-hydrogen) atoms. The summed E-state index contributed by atoms with van der Waals surface area (Å²) >= 11 is 5.11. The van der Waals surface area contributed by atoms with E-state index in [2.05, 4.69) is 21.2 Å². The van der Waals surface area contributed by atoms with Gasteiger partial charge in [-0.15, -0.1) is 0 Å². The minimum atomic E-state index is -0.0510. The van der Waals surface area contributed by atoms with Gasteiger partial charge in [-0.25, -0.2) is 0 Å². The van der Waals surface area contributed by atoms with Crippen molar-refractivity contribution in [1.82, 2.24) is 0 Å². The van der Waals surface area contributed by atoms with E-state index in [1.807, 2.05) is 41.1 Å². The molecule has 2 rings (SSSR count). The number of para-hydroxylation sites is 1. The van der Waals surface area contributed by atoms with Crippen LogP contribution in [0.2, 0.25) is 0 Å². The Kier molecular flexibility index (Phi) is 3.98. The second-order valence-electron chi connectivity index (χ2n) is 3.42. The Balaban J connectivity index is 2.17. The smallest absolute Gasteiger partial charge is 0.0753 e. The van der Waals surface area contributed by atoms with Crippen LogP contribution in [-0.2, 0) is 0 Å². The molecular formula is C12H12BrNOS. The molecule has 1 heterocycles. The molecule has 0 saturated carbocycles. The summed E-state index contributed by atoms with van der Waals surface area (Å²) in [5.74, 6) is 0. The first-order valence-electron chi connectivity index (χ1n) is 4.95. The zero-order valence-electron chi connectivity index (χ0n) is 8.56. The van der Waals surface area contributed by atoms with Gasteiger partial charge in [-0.2, -0.15) is 11.3 Å². The van der Waals surface area contributed by atoms with E-state index in [-0.39, 0.29) is 12.6 Å². The summed E-state index contributed by atoms with van der Waals surface area (Å²) in [7, 11) is 0. The fourth-order valence-electron chi connectivity index (χ4n) is 1.47. The highest BCUT2D eigenvalue weighted by atomic mass is 79.9. The highest BCUT2D eigenvalue weighted by molar-refractivity contribution is 9.10. The second-order valence-corrected chi connectivity index (χ2v) is 5.05. The second kappa shape index (κ2) is 5.48. The van der Waals surface area contributed by atoms with Crippen LogP contribution >= 0.6 is 27.3 Å². The number of nitrogens with one attached hydrogen (secondary N) is 1. The number of aliphatic hydroxyl groups excluding tert-OH is 1. The van der Waals surface area contributed by atoms with Crippen molar-refractivity contribution in [2.75, 3.05) is 11.9 Å². The molecular weight excluding hydrogens is 286 g/mol. The van der Waals surface area contributed by atoms with E-state index in [1.165, 1.54) is 0 Å². The van der Waals surface area contributed by atoms with Crippen LogP contribution in [0.5, 0.6) is 0 Å². The van der Waals surface area contributed by atoms with Crippen molar-refractivity contribution < 1.29 is 5.11 Å². The fourth-order valence-corrected chi connectivity index (χ4v) is 2.59. The minimum Gasteiger partial charge on any atom is -0.394 e. The molecule has 1 aromatic heterocycles.